The van der Waals surface area contributed by atoms with Gasteiger partial charge < -0.3 is 51.3 Å². The van der Waals surface area contributed by atoms with Gasteiger partial charge in [-0.05, 0) is 25.1 Å². The highest BCUT2D eigenvalue weighted by atomic mass is 35.5. The maximum Gasteiger partial charge on any atom is 0.362 e. The SMILES string of the molecule is Nc1nc(/C(=N/OC2(C(=O)O)CC2)C(=O)N[C@@H]2C(=O)N(S(=O)(=O)O)[C@@H]2CNC(=O)c2cc([C@@H]3CCN(CCNC(=O)c4ccc(O)c(O)c4Cl)C3)no2)cs1. The average Bonchev–Trinajstić information content (AvgIpc) is 3.43. The number of phenols is 2. The Morgan fingerprint density at radius 1 is 1.18 bits per heavy atom. The maximum absolute atomic E-state index is 13.3. The van der Waals surface area contributed by atoms with Crippen LogP contribution in [0.3, 0.4) is 0 Å². The second-order valence-electron chi connectivity index (χ2n) is 12.7. The molecule has 1 aromatic carbocycles. The predicted molar refractivity (Wildman–Crippen MR) is 188 cm³/mol. The molecule has 22 nitrogen and oxygen atoms in total. The molecule has 2 saturated heterocycles. The fraction of sp³-hybridized carbons (Fsp3) is 0.400. The molecule has 0 radical (unpaired) electrons. The van der Waals surface area contributed by atoms with Crippen LogP contribution in [0.5, 0.6) is 11.5 Å². The number of aromatic nitrogens is 2. The molecule has 2 aliphatic heterocycles. The van der Waals surface area contributed by atoms with Crippen LogP contribution in [0.15, 0.2) is 33.3 Å². The van der Waals surface area contributed by atoms with Gasteiger partial charge in [0.05, 0.1) is 22.3 Å². The van der Waals surface area contributed by atoms with E-state index in [1.54, 1.807) is 0 Å². The van der Waals surface area contributed by atoms with Crippen LogP contribution < -0.4 is 21.7 Å². The van der Waals surface area contributed by atoms with Gasteiger partial charge in [0.15, 0.2) is 22.3 Å². The molecular formula is C30H32ClN9O13S2. The van der Waals surface area contributed by atoms with Gasteiger partial charge in [-0.25, -0.2) is 14.1 Å². The zero-order chi connectivity index (χ0) is 39.8. The van der Waals surface area contributed by atoms with Crippen LogP contribution in [0.25, 0.3) is 0 Å². The maximum atomic E-state index is 13.3. The number of anilines is 1. The van der Waals surface area contributed by atoms with Crippen LogP contribution in [-0.4, -0.2) is 133 Å². The monoisotopic (exact) mass is 825 g/mol. The van der Waals surface area contributed by atoms with Crippen molar-refractivity contribution in [1.82, 2.24) is 35.3 Å². The second kappa shape index (κ2) is 15.3. The lowest BCUT2D eigenvalue weighted by Crippen LogP contribution is -2.74. The largest absolute Gasteiger partial charge is 0.504 e. The number of nitrogens with two attached hydrogens (primary N) is 1. The molecule has 0 bridgehead atoms. The molecule has 0 spiro atoms. The molecule has 2 aromatic heterocycles. The molecule has 0 unspecified atom stereocenters. The highest BCUT2D eigenvalue weighted by molar-refractivity contribution is 7.84. The van der Waals surface area contributed by atoms with Crippen LogP contribution >= 0.6 is 22.9 Å². The lowest BCUT2D eigenvalue weighted by molar-refractivity contribution is -0.153. The van der Waals surface area contributed by atoms with Crippen LogP contribution in [0.2, 0.25) is 5.02 Å². The number of likely N-dealkylation sites (tertiary alicyclic amines) is 1. The number of benzene rings is 1. The number of aliphatic carboxylic acids is 1. The van der Waals surface area contributed by atoms with Crippen molar-refractivity contribution in [2.75, 3.05) is 38.5 Å². The summed E-state index contributed by atoms with van der Waals surface area (Å²) in [5.41, 5.74) is 3.77. The molecule has 6 rings (SSSR count). The number of amides is 4. The topological polar surface area (TPSA) is 330 Å². The van der Waals surface area contributed by atoms with Gasteiger partial charge in [-0.2, -0.15) is 8.42 Å². The predicted octanol–water partition coefficient (Wildman–Crippen LogP) is -0.736. The third-order valence-corrected chi connectivity index (χ3v) is 11.1. The Morgan fingerprint density at radius 2 is 1.93 bits per heavy atom. The van der Waals surface area contributed by atoms with Gasteiger partial charge in [-0.1, -0.05) is 21.9 Å². The van der Waals surface area contributed by atoms with E-state index in [9.17, 15) is 52.3 Å². The van der Waals surface area contributed by atoms with Crippen molar-refractivity contribution >= 4 is 73.7 Å². The Bertz CT molecular complexity index is 2190. The fourth-order valence-corrected chi connectivity index (χ4v) is 7.54. The first kappa shape index (κ1) is 39.1. The molecule has 4 amide bonds. The third kappa shape index (κ3) is 8.26. The van der Waals surface area contributed by atoms with Crippen molar-refractivity contribution in [3.05, 3.63) is 51.3 Å². The van der Waals surface area contributed by atoms with Gasteiger partial charge >= 0.3 is 16.3 Å². The molecular weight excluding hydrogens is 794 g/mol. The van der Waals surface area contributed by atoms with Crippen LogP contribution in [0.1, 0.15) is 57.5 Å². The standard InChI is InChI=1S/C30H32ClN9O13S2/c31-20-14(1-2-18(41)23(20)42)24(43)33-6-8-39-7-3-13(11-39)15-9-19(52-37-15)25(44)34-10-17-22(27(46)40(17)55(49,50)51)36-26(45)21(16-12-54-29(32)35-16)38-53-30(4-5-30)28(47)48/h1-2,9,12-13,17,22,41-42H,3-8,10-11H2,(H2,32,35)(H,33,43)(H,34,44)(H,36,45)(H,47,48)(H,49,50,51)/b38-21-/t13-,17-,22+/m1/s1. The van der Waals surface area contributed by atoms with Crippen molar-refractivity contribution in [1.29, 1.82) is 0 Å². The van der Waals surface area contributed by atoms with E-state index in [0.29, 0.717) is 31.7 Å². The summed E-state index contributed by atoms with van der Waals surface area (Å²) in [6.07, 6.45) is 0.870. The van der Waals surface area contributed by atoms with Gasteiger partial charge in [0.2, 0.25) is 11.4 Å². The van der Waals surface area contributed by atoms with Gasteiger partial charge in [0.25, 0.3) is 23.6 Å². The molecule has 3 fully saturated rings. The number of aromatic hydroxyl groups is 2. The summed E-state index contributed by atoms with van der Waals surface area (Å²) in [6, 6.07) is 0.685. The van der Waals surface area contributed by atoms with Crippen molar-refractivity contribution in [2.45, 2.75) is 42.9 Å². The number of oxime groups is 1. The Morgan fingerprint density at radius 3 is 2.58 bits per heavy atom. The first-order valence-electron chi connectivity index (χ1n) is 16.3. The zero-order valence-corrected chi connectivity index (χ0v) is 30.6. The number of carboxylic acids is 1. The van der Waals surface area contributed by atoms with Gasteiger partial charge in [-0.15, -0.1) is 11.3 Å². The average molecular weight is 826 g/mol. The lowest BCUT2D eigenvalue weighted by atomic mass is 9.98. The van der Waals surface area contributed by atoms with E-state index in [0.717, 1.165) is 17.4 Å². The minimum absolute atomic E-state index is 0.00733. The number of rotatable bonds is 15. The molecule has 9 N–H and O–H groups in total. The number of carbonyl (C=O) groups is 5. The van der Waals surface area contributed by atoms with Gasteiger partial charge in [0, 0.05) is 56.4 Å². The summed E-state index contributed by atoms with van der Waals surface area (Å²) in [7, 11) is -5.14. The second-order valence-corrected chi connectivity index (χ2v) is 15.3. The number of nitrogens with zero attached hydrogens (tertiary/aromatic N) is 5. The number of halogens is 1. The van der Waals surface area contributed by atoms with Crippen molar-refractivity contribution < 1.29 is 61.6 Å². The number of carbonyl (C=O) groups excluding carboxylic acids is 4. The molecule has 25 heteroatoms. The normalized spacial score (nSPS) is 20.8. The quantitative estimate of drug-likeness (QED) is 0.0308. The molecule has 1 aliphatic carbocycles. The molecule has 3 atom stereocenters. The Hall–Kier alpha value is -5.56. The molecule has 294 valence electrons. The summed E-state index contributed by atoms with van der Waals surface area (Å²) in [4.78, 5) is 74.3. The van der Waals surface area contributed by atoms with E-state index in [1.807, 2.05) is 4.90 Å². The molecule has 3 aromatic rings. The molecule has 4 heterocycles. The number of hydrogen-bond donors (Lipinski definition) is 8. The number of carboxylic acid groups (broad SMARTS) is 1. The minimum atomic E-state index is -5.14. The Kier molecular flexibility index (Phi) is 10.9. The van der Waals surface area contributed by atoms with E-state index in [4.69, 9.17) is 26.7 Å². The summed E-state index contributed by atoms with van der Waals surface area (Å²) in [6.45, 7) is 1.20. The van der Waals surface area contributed by atoms with Crippen molar-refractivity contribution in [3.8, 4) is 11.5 Å². The van der Waals surface area contributed by atoms with E-state index < -0.39 is 81.3 Å². The molecule has 3 aliphatic rings. The minimum Gasteiger partial charge on any atom is -0.504 e. The number of nitrogen functional groups attached to an aromatic ring is 1. The smallest absolute Gasteiger partial charge is 0.362 e. The summed E-state index contributed by atoms with van der Waals surface area (Å²) in [5, 5.41) is 44.8. The first-order valence-corrected chi connectivity index (χ1v) is 18.9. The molecule has 55 heavy (non-hydrogen) atoms. The Balaban J connectivity index is 1.04. The van der Waals surface area contributed by atoms with Crippen LogP contribution in [0.4, 0.5) is 5.13 Å². The van der Waals surface area contributed by atoms with Crippen LogP contribution in [-0.2, 0) is 29.5 Å². The van der Waals surface area contributed by atoms with Gasteiger partial charge in [-0.3, -0.25) is 23.7 Å². The number of thiazole rings is 1. The molecule has 1 saturated carbocycles. The van der Waals surface area contributed by atoms with Crippen LogP contribution in [0, 0.1) is 0 Å². The highest BCUT2D eigenvalue weighted by Crippen LogP contribution is 2.40. The highest BCUT2D eigenvalue weighted by Gasteiger charge is 2.56. The van der Waals surface area contributed by atoms with Crippen molar-refractivity contribution in [3.63, 3.8) is 0 Å². The lowest BCUT2D eigenvalue weighted by Gasteiger charge is -2.44. The summed E-state index contributed by atoms with van der Waals surface area (Å²) >= 11 is 6.88. The van der Waals surface area contributed by atoms with Gasteiger partial charge in [0.1, 0.15) is 11.7 Å². The summed E-state index contributed by atoms with van der Waals surface area (Å²) in [5.74, 6) is -6.53. The third-order valence-electron chi connectivity index (χ3n) is 9.06. The fourth-order valence-electron chi connectivity index (χ4n) is 5.87. The number of hydrogen-bond acceptors (Lipinski definition) is 17. The van der Waals surface area contributed by atoms with E-state index >= 15 is 0 Å². The van der Waals surface area contributed by atoms with E-state index in [1.165, 1.54) is 17.5 Å². The number of nitrogens with one attached hydrogen (secondary N) is 3. The number of phenolic OH excluding ortho intramolecular Hbond substituents is 2. The first-order chi connectivity index (χ1) is 26.0. The van der Waals surface area contributed by atoms with Crippen molar-refractivity contribution in [2.24, 2.45) is 5.16 Å². The Labute approximate surface area is 319 Å². The van der Waals surface area contributed by atoms with E-state index in [-0.39, 0.29) is 56.8 Å². The van der Waals surface area contributed by atoms with E-state index in [2.05, 4.69) is 31.2 Å². The number of β-lactam (4-membered cyclic amide) rings is 1. The summed E-state index contributed by atoms with van der Waals surface area (Å²) < 4.78 is 39.1. The zero-order valence-electron chi connectivity index (χ0n) is 28.2.